The third kappa shape index (κ3) is 4.35. The van der Waals surface area contributed by atoms with E-state index in [1.165, 1.54) is 16.7 Å². The van der Waals surface area contributed by atoms with Crippen LogP contribution in [0, 0.1) is 0 Å². The molecule has 0 saturated carbocycles. The van der Waals surface area contributed by atoms with E-state index in [9.17, 15) is 0 Å². The van der Waals surface area contributed by atoms with Gasteiger partial charge in [-0.25, -0.2) is 0 Å². The van der Waals surface area contributed by atoms with Gasteiger partial charge in [0, 0.05) is 6.04 Å². The van der Waals surface area contributed by atoms with E-state index in [1.807, 2.05) is 0 Å². The molecule has 1 unspecified atom stereocenters. The van der Waals surface area contributed by atoms with Crippen LogP contribution < -0.4 is 5.73 Å². The predicted molar refractivity (Wildman–Crippen MR) is 76.1 cm³/mol. The van der Waals surface area contributed by atoms with E-state index in [0.717, 1.165) is 12.8 Å². The van der Waals surface area contributed by atoms with Crippen molar-refractivity contribution in [1.82, 2.24) is 0 Å². The van der Waals surface area contributed by atoms with E-state index >= 15 is 0 Å². The van der Waals surface area contributed by atoms with Gasteiger partial charge in [-0.15, -0.1) is 6.58 Å². The molecule has 1 aromatic rings. The third-order valence-corrected chi connectivity index (χ3v) is 3.09. The second-order valence-corrected chi connectivity index (χ2v) is 5.97. The van der Waals surface area contributed by atoms with Gasteiger partial charge in [0.25, 0.3) is 0 Å². The molecular formula is C16H25N. The highest BCUT2D eigenvalue weighted by Gasteiger charge is 2.14. The summed E-state index contributed by atoms with van der Waals surface area (Å²) in [6.45, 7) is 12.6. The minimum absolute atomic E-state index is 0.126. The number of hydrogen-bond donors (Lipinski definition) is 1. The maximum atomic E-state index is 6.16. The van der Waals surface area contributed by atoms with Gasteiger partial charge < -0.3 is 5.73 Å². The smallest absolute Gasteiger partial charge is 0.0297 e. The SMILES string of the molecule is C=C(C)CCC(N)c1ccc(C(C)(C)C)cc1. The summed E-state index contributed by atoms with van der Waals surface area (Å²) in [7, 11) is 0. The van der Waals surface area contributed by atoms with Crippen LogP contribution in [0.15, 0.2) is 36.4 Å². The van der Waals surface area contributed by atoms with Gasteiger partial charge in [0.05, 0.1) is 0 Å². The molecule has 0 radical (unpaired) electrons. The quantitative estimate of drug-likeness (QED) is 0.766. The Bertz CT molecular complexity index is 368. The van der Waals surface area contributed by atoms with E-state index in [4.69, 9.17) is 5.73 Å². The van der Waals surface area contributed by atoms with Crippen molar-refractivity contribution in [3.8, 4) is 0 Å². The lowest BCUT2D eigenvalue weighted by Gasteiger charge is -2.20. The lowest BCUT2D eigenvalue weighted by molar-refractivity contribution is 0.588. The molecule has 1 aromatic carbocycles. The Kier molecular flexibility index (Phi) is 4.53. The molecule has 17 heavy (non-hydrogen) atoms. The fraction of sp³-hybridized carbons (Fsp3) is 0.500. The highest BCUT2D eigenvalue weighted by Crippen LogP contribution is 2.24. The molecule has 1 atom stereocenters. The summed E-state index contributed by atoms with van der Waals surface area (Å²) in [5.74, 6) is 0. The molecule has 0 aliphatic heterocycles. The fourth-order valence-corrected chi connectivity index (χ4v) is 1.80. The van der Waals surface area contributed by atoms with Gasteiger partial charge in [0.2, 0.25) is 0 Å². The monoisotopic (exact) mass is 231 g/mol. The topological polar surface area (TPSA) is 26.0 Å². The molecule has 1 heteroatoms. The molecule has 0 aliphatic rings. The van der Waals surface area contributed by atoms with Crippen LogP contribution in [0.3, 0.4) is 0 Å². The van der Waals surface area contributed by atoms with Gasteiger partial charge in [-0.2, -0.15) is 0 Å². The molecule has 2 N–H and O–H groups in total. The van der Waals surface area contributed by atoms with E-state index in [2.05, 4.69) is 58.5 Å². The second-order valence-electron chi connectivity index (χ2n) is 5.97. The minimum Gasteiger partial charge on any atom is -0.324 e. The number of allylic oxidation sites excluding steroid dienone is 1. The highest BCUT2D eigenvalue weighted by atomic mass is 14.6. The van der Waals surface area contributed by atoms with Crippen LogP contribution in [0.1, 0.15) is 57.7 Å². The van der Waals surface area contributed by atoms with Gasteiger partial charge in [0.1, 0.15) is 0 Å². The zero-order chi connectivity index (χ0) is 13.1. The summed E-state index contributed by atoms with van der Waals surface area (Å²) in [6, 6.07) is 8.82. The second kappa shape index (κ2) is 5.50. The normalized spacial score (nSPS) is 13.5. The number of rotatable bonds is 4. The molecule has 94 valence electrons. The van der Waals surface area contributed by atoms with Crippen LogP contribution in [0.4, 0.5) is 0 Å². The highest BCUT2D eigenvalue weighted by molar-refractivity contribution is 5.29. The summed E-state index contributed by atoms with van der Waals surface area (Å²) in [5.41, 5.74) is 10.1. The molecule has 0 spiro atoms. The average molecular weight is 231 g/mol. The fourth-order valence-electron chi connectivity index (χ4n) is 1.80. The van der Waals surface area contributed by atoms with Crippen LogP contribution in [0.5, 0.6) is 0 Å². The molecule has 1 rings (SSSR count). The first-order valence-corrected chi connectivity index (χ1v) is 6.31. The zero-order valence-electron chi connectivity index (χ0n) is 11.6. The lowest BCUT2D eigenvalue weighted by Crippen LogP contribution is -2.13. The third-order valence-electron chi connectivity index (χ3n) is 3.09. The first-order valence-electron chi connectivity index (χ1n) is 6.31. The number of nitrogens with two attached hydrogens (primary N) is 1. The molecule has 0 aliphatic carbocycles. The standard InChI is InChI=1S/C16H25N/c1-12(2)6-11-15(17)13-7-9-14(10-8-13)16(3,4)5/h7-10,15H,1,6,11,17H2,2-5H3. The minimum atomic E-state index is 0.126. The van der Waals surface area contributed by atoms with Gasteiger partial charge in [-0.3, -0.25) is 0 Å². The predicted octanol–water partition coefficient (Wildman–Crippen LogP) is 4.34. The van der Waals surface area contributed by atoms with Gasteiger partial charge in [-0.05, 0) is 36.3 Å². The Morgan fingerprint density at radius 2 is 1.76 bits per heavy atom. The summed E-state index contributed by atoms with van der Waals surface area (Å²) in [5, 5.41) is 0. The van der Waals surface area contributed by atoms with E-state index in [-0.39, 0.29) is 11.5 Å². The summed E-state index contributed by atoms with van der Waals surface area (Å²) in [6.07, 6.45) is 1.98. The Labute approximate surface area is 106 Å². The van der Waals surface area contributed by atoms with E-state index < -0.39 is 0 Å². The largest absolute Gasteiger partial charge is 0.324 e. The van der Waals surface area contributed by atoms with Crippen LogP contribution in [0.2, 0.25) is 0 Å². The molecule has 0 aromatic heterocycles. The van der Waals surface area contributed by atoms with E-state index in [1.54, 1.807) is 0 Å². The van der Waals surface area contributed by atoms with Crippen LogP contribution in [0.25, 0.3) is 0 Å². The van der Waals surface area contributed by atoms with Crippen LogP contribution in [-0.2, 0) is 5.41 Å². The van der Waals surface area contributed by atoms with Crippen molar-refractivity contribution in [1.29, 1.82) is 0 Å². The molecule has 0 fully saturated rings. The van der Waals surface area contributed by atoms with Gasteiger partial charge in [0.15, 0.2) is 0 Å². The summed E-state index contributed by atoms with van der Waals surface area (Å²) >= 11 is 0. The first-order chi connectivity index (χ1) is 7.80. The van der Waals surface area contributed by atoms with Crippen molar-refractivity contribution < 1.29 is 0 Å². The molecular weight excluding hydrogens is 206 g/mol. The molecule has 0 heterocycles. The molecule has 0 amide bonds. The van der Waals surface area contributed by atoms with Crippen molar-refractivity contribution >= 4 is 0 Å². The first kappa shape index (κ1) is 14.0. The molecule has 1 nitrogen and oxygen atoms in total. The Balaban J connectivity index is 2.70. The van der Waals surface area contributed by atoms with Crippen LogP contribution >= 0.6 is 0 Å². The van der Waals surface area contributed by atoms with Gasteiger partial charge in [-0.1, -0.05) is 50.6 Å². The van der Waals surface area contributed by atoms with Gasteiger partial charge >= 0.3 is 0 Å². The Morgan fingerprint density at radius 3 is 2.18 bits per heavy atom. The van der Waals surface area contributed by atoms with Crippen molar-refractivity contribution in [3.63, 3.8) is 0 Å². The molecule has 0 saturated heterocycles. The Hall–Kier alpha value is -1.08. The number of benzene rings is 1. The zero-order valence-corrected chi connectivity index (χ0v) is 11.6. The summed E-state index contributed by atoms with van der Waals surface area (Å²) in [4.78, 5) is 0. The van der Waals surface area contributed by atoms with E-state index in [0.29, 0.717) is 0 Å². The van der Waals surface area contributed by atoms with Crippen molar-refractivity contribution in [2.45, 2.75) is 52.0 Å². The average Bonchev–Trinajstić information content (AvgIpc) is 2.25. The maximum Gasteiger partial charge on any atom is 0.0297 e. The van der Waals surface area contributed by atoms with Crippen molar-refractivity contribution in [3.05, 3.63) is 47.5 Å². The Morgan fingerprint density at radius 1 is 1.24 bits per heavy atom. The summed E-state index contributed by atoms with van der Waals surface area (Å²) < 4.78 is 0. The van der Waals surface area contributed by atoms with Crippen molar-refractivity contribution in [2.75, 3.05) is 0 Å². The maximum absolute atomic E-state index is 6.16. The molecule has 0 bridgehead atoms. The van der Waals surface area contributed by atoms with Crippen LogP contribution in [-0.4, -0.2) is 0 Å². The lowest BCUT2D eigenvalue weighted by atomic mass is 9.86. The number of hydrogen-bond acceptors (Lipinski definition) is 1. The van der Waals surface area contributed by atoms with Crippen molar-refractivity contribution in [2.24, 2.45) is 5.73 Å².